The first kappa shape index (κ1) is 29.0. The van der Waals surface area contributed by atoms with E-state index in [9.17, 15) is 16.8 Å². The van der Waals surface area contributed by atoms with Crippen molar-refractivity contribution in [3.63, 3.8) is 0 Å². The van der Waals surface area contributed by atoms with Crippen LogP contribution in [0.3, 0.4) is 0 Å². The van der Waals surface area contributed by atoms with Gasteiger partial charge in [0.1, 0.15) is 29.9 Å². The summed E-state index contributed by atoms with van der Waals surface area (Å²) in [6, 6.07) is 30.6. The Morgan fingerprint density at radius 1 is 0.614 bits per heavy atom. The molecule has 10 nitrogen and oxygen atoms in total. The third-order valence-electron chi connectivity index (χ3n) is 8.48. The van der Waals surface area contributed by atoms with Crippen molar-refractivity contribution in [2.24, 2.45) is 0 Å². The predicted molar refractivity (Wildman–Crippen MR) is 163 cm³/mol. The molecule has 0 aromatic heterocycles. The molecule has 0 aliphatic carbocycles. The fraction of sp³-hybridized carbons (Fsp3) is 0.250. The number of sulfonamides is 2. The number of ether oxygens (including phenoxy) is 3. The SMILES string of the molecule is C[C@@]1(c2ccc(NS(=O)(=O)c3ccccc3)cc2)O[C@H]2CO[C@@H]3N2[C@H]1O[C@]3(C)c1ccc(NS(=O)(=O)c2ccccc2)cc1. The monoisotopic (exact) mass is 633 g/mol. The van der Waals surface area contributed by atoms with Gasteiger partial charge < -0.3 is 14.2 Å². The third-order valence-corrected chi connectivity index (χ3v) is 11.3. The molecule has 228 valence electrons. The first-order valence-corrected chi connectivity index (χ1v) is 17.1. The predicted octanol–water partition coefficient (Wildman–Crippen LogP) is 4.79. The Bertz CT molecular complexity index is 1780. The average molecular weight is 634 g/mol. The fourth-order valence-corrected chi connectivity index (χ4v) is 8.34. The molecule has 0 unspecified atom stereocenters. The Labute approximate surface area is 256 Å². The van der Waals surface area contributed by atoms with Crippen molar-refractivity contribution < 1.29 is 31.0 Å². The Morgan fingerprint density at radius 2 is 1.05 bits per heavy atom. The summed E-state index contributed by atoms with van der Waals surface area (Å²) in [5, 5.41) is 0. The molecule has 7 rings (SSSR count). The van der Waals surface area contributed by atoms with Crippen LogP contribution in [0.25, 0.3) is 0 Å². The van der Waals surface area contributed by atoms with E-state index < -0.39 is 43.7 Å². The molecule has 3 heterocycles. The minimum absolute atomic E-state index is 0.183. The van der Waals surface area contributed by atoms with Crippen molar-refractivity contribution in [3.8, 4) is 0 Å². The molecule has 3 aliphatic rings. The Kier molecular flexibility index (Phi) is 6.85. The lowest BCUT2D eigenvalue weighted by atomic mass is 9.93. The van der Waals surface area contributed by atoms with Gasteiger partial charge in [-0.1, -0.05) is 60.7 Å². The maximum atomic E-state index is 12.8. The Balaban J connectivity index is 1.11. The summed E-state index contributed by atoms with van der Waals surface area (Å²) >= 11 is 0. The second-order valence-electron chi connectivity index (χ2n) is 11.4. The summed E-state index contributed by atoms with van der Waals surface area (Å²) in [6.45, 7) is 4.28. The fourth-order valence-electron chi connectivity index (χ4n) is 6.18. The van der Waals surface area contributed by atoms with Crippen molar-refractivity contribution >= 4 is 31.4 Å². The smallest absolute Gasteiger partial charge is 0.261 e. The number of rotatable bonds is 8. The summed E-state index contributed by atoms with van der Waals surface area (Å²) in [7, 11) is -7.45. The van der Waals surface area contributed by atoms with Gasteiger partial charge in [0.15, 0.2) is 0 Å². The number of hydrogen-bond donors (Lipinski definition) is 2. The van der Waals surface area contributed by atoms with Gasteiger partial charge in [-0.2, -0.15) is 0 Å². The summed E-state index contributed by atoms with van der Waals surface area (Å²) in [5.41, 5.74) is 0.780. The van der Waals surface area contributed by atoms with Crippen molar-refractivity contribution in [2.45, 2.75) is 53.5 Å². The van der Waals surface area contributed by atoms with Crippen molar-refractivity contribution in [1.29, 1.82) is 0 Å². The first-order chi connectivity index (χ1) is 21.0. The van der Waals surface area contributed by atoms with Crippen LogP contribution in [-0.4, -0.2) is 47.0 Å². The first-order valence-electron chi connectivity index (χ1n) is 14.1. The van der Waals surface area contributed by atoms with Crippen LogP contribution in [0.15, 0.2) is 119 Å². The zero-order valence-corrected chi connectivity index (χ0v) is 25.6. The van der Waals surface area contributed by atoms with Crippen LogP contribution in [0.4, 0.5) is 11.4 Å². The second kappa shape index (κ2) is 10.4. The summed E-state index contributed by atoms with van der Waals surface area (Å²) < 4.78 is 75.9. The third kappa shape index (κ3) is 4.78. The van der Waals surface area contributed by atoms with E-state index in [1.165, 1.54) is 0 Å². The highest BCUT2D eigenvalue weighted by Crippen LogP contribution is 2.55. The zero-order chi connectivity index (χ0) is 30.7. The molecule has 3 aliphatic heterocycles. The van der Waals surface area contributed by atoms with E-state index in [2.05, 4.69) is 14.3 Å². The van der Waals surface area contributed by atoms with Gasteiger partial charge in [-0.05, 0) is 73.5 Å². The van der Waals surface area contributed by atoms with Crippen LogP contribution in [0.1, 0.15) is 25.0 Å². The van der Waals surface area contributed by atoms with Gasteiger partial charge in [0.05, 0.1) is 16.4 Å². The maximum absolute atomic E-state index is 12.8. The molecule has 4 aromatic rings. The van der Waals surface area contributed by atoms with E-state index in [1.54, 1.807) is 84.9 Å². The normalized spacial score (nSPS) is 28.1. The lowest BCUT2D eigenvalue weighted by Crippen LogP contribution is -2.40. The molecule has 0 spiro atoms. The van der Waals surface area contributed by atoms with Crippen LogP contribution in [0.5, 0.6) is 0 Å². The molecule has 3 saturated heterocycles. The molecular weight excluding hydrogens is 603 g/mol. The van der Waals surface area contributed by atoms with Gasteiger partial charge in [0.2, 0.25) is 0 Å². The van der Waals surface area contributed by atoms with Crippen LogP contribution >= 0.6 is 0 Å². The second-order valence-corrected chi connectivity index (χ2v) is 14.7. The average Bonchev–Trinajstić information content (AvgIpc) is 3.67. The summed E-state index contributed by atoms with van der Waals surface area (Å²) in [6.07, 6.45) is -1.25. The van der Waals surface area contributed by atoms with E-state index in [0.29, 0.717) is 18.0 Å². The highest BCUT2D eigenvalue weighted by Gasteiger charge is 2.68. The van der Waals surface area contributed by atoms with Gasteiger partial charge in [-0.3, -0.25) is 9.44 Å². The summed E-state index contributed by atoms with van der Waals surface area (Å²) in [5.74, 6) is 0. The summed E-state index contributed by atoms with van der Waals surface area (Å²) in [4.78, 5) is 2.46. The lowest BCUT2D eigenvalue weighted by Gasteiger charge is -2.33. The van der Waals surface area contributed by atoms with Crippen molar-refractivity contribution in [1.82, 2.24) is 4.90 Å². The molecular formula is C32H31N3O7S2. The van der Waals surface area contributed by atoms with Gasteiger partial charge in [0, 0.05) is 11.4 Å². The van der Waals surface area contributed by atoms with Gasteiger partial charge in [-0.15, -0.1) is 0 Å². The van der Waals surface area contributed by atoms with Crippen LogP contribution in [0.2, 0.25) is 0 Å². The highest BCUT2D eigenvalue weighted by molar-refractivity contribution is 7.93. The Morgan fingerprint density at radius 3 is 1.50 bits per heavy atom. The zero-order valence-electron chi connectivity index (χ0n) is 24.0. The molecule has 44 heavy (non-hydrogen) atoms. The molecule has 0 bridgehead atoms. The molecule has 0 saturated carbocycles. The Hall–Kier alpha value is -3.78. The quantitative estimate of drug-likeness (QED) is 0.284. The topological polar surface area (TPSA) is 123 Å². The van der Waals surface area contributed by atoms with Crippen LogP contribution < -0.4 is 9.44 Å². The minimum Gasteiger partial charge on any atom is -0.355 e. The van der Waals surface area contributed by atoms with E-state index >= 15 is 0 Å². The van der Waals surface area contributed by atoms with Crippen LogP contribution in [-0.2, 0) is 45.5 Å². The maximum Gasteiger partial charge on any atom is 0.261 e. The standard InChI is InChI=1S/C32H31N3O7S2/c1-31(22-13-17-24(18-14-22)33-43(36,37)26-9-5-3-6-10-26)29-35-28(21-40-29)41-32(2,30(35)42-31)23-15-19-25(20-16-23)34-44(38,39)27-11-7-4-8-12-27/h3-20,28-30,33-34H,21H2,1-2H3/t28-,29-,30-,31+,32-/m0/s1. The largest absolute Gasteiger partial charge is 0.355 e. The van der Waals surface area contributed by atoms with Gasteiger partial charge >= 0.3 is 0 Å². The highest BCUT2D eigenvalue weighted by atomic mass is 32.2. The van der Waals surface area contributed by atoms with E-state index in [1.807, 2.05) is 38.1 Å². The molecule has 12 heteroatoms. The lowest BCUT2D eigenvalue weighted by molar-refractivity contribution is -0.138. The van der Waals surface area contributed by atoms with Gasteiger partial charge in [-0.25, -0.2) is 21.7 Å². The molecule has 0 amide bonds. The van der Waals surface area contributed by atoms with Crippen molar-refractivity contribution in [3.05, 3.63) is 120 Å². The molecule has 0 radical (unpaired) electrons. The number of nitrogens with zero attached hydrogens (tertiary/aromatic N) is 1. The number of benzene rings is 4. The number of nitrogens with one attached hydrogen (secondary N) is 2. The molecule has 2 N–H and O–H groups in total. The molecule has 3 fully saturated rings. The minimum atomic E-state index is -3.72. The van der Waals surface area contributed by atoms with Crippen molar-refractivity contribution in [2.75, 3.05) is 16.1 Å². The number of anilines is 2. The molecule has 4 aromatic carbocycles. The van der Waals surface area contributed by atoms with E-state index in [4.69, 9.17) is 14.2 Å². The van der Waals surface area contributed by atoms with Gasteiger partial charge in [0.25, 0.3) is 20.0 Å². The van der Waals surface area contributed by atoms with Crippen LogP contribution in [0, 0.1) is 0 Å². The molecule has 5 atom stereocenters. The number of hydrogen-bond acceptors (Lipinski definition) is 8. The van der Waals surface area contributed by atoms with E-state index in [-0.39, 0.29) is 16.0 Å². The van der Waals surface area contributed by atoms with E-state index in [0.717, 1.165) is 11.1 Å².